The van der Waals surface area contributed by atoms with Crippen LogP contribution in [0.15, 0.2) is 60.8 Å². The number of benzene rings is 3. The van der Waals surface area contributed by atoms with Crippen LogP contribution in [0.3, 0.4) is 0 Å². The van der Waals surface area contributed by atoms with Crippen LogP contribution in [-0.4, -0.2) is 24.1 Å². The van der Waals surface area contributed by atoms with Gasteiger partial charge in [-0.1, -0.05) is 42.8 Å². The largest absolute Gasteiger partial charge is 0.490 e. The number of nitrogens with zero attached hydrogens (tertiary/aromatic N) is 1. The SMILES string of the molecule is CCOc1cc2ncc(CC(N)=O)c(Nc3cccc(CNCc4ccc(Cl)cc4)c3CC)c2cc1OCC. The van der Waals surface area contributed by atoms with Crippen LogP contribution in [-0.2, 0) is 30.7 Å². The number of nitrogens with two attached hydrogens (primary N) is 1. The van der Waals surface area contributed by atoms with Crippen molar-refractivity contribution in [2.45, 2.75) is 46.7 Å². The van der Waals surface area contributed by atoms with E-state index < -0.39 is 5.91 Å². The number of rotatable bonds is 13. The molecule has 0 saturated heterocycles. The van der Waals surface area contributed by atoms with Gasteiger partial charge in [-0.3, -0.25) is 9.78 Å². The van der Waals surface area contributed by atoms with E-state index in [1.807, 2.05) is 56.3 Å². The molecule has 4 N–H and O–H groups in total. The lowest BCUT2D eigenvalue weighted by atomic mass is 10.0. The number of anilines is 2. The second kappa shape index (κ2) is 13.3. The van der Waals surface area contributed by atoms with E-state index in [1.165, 1.54) is 16.7 Å². The van der Waals surface area contributed by atoms with Gasteiger partial charge in [0.1, 0.15) is 0 Å². The molecule has 3 aromatic carbocycles. The second-order valence-corrected chi connectivity index (χ2v) is 9.57. The maximum atomic E-state index is 12.0. The van der Waals surface area contributed by atoms with Crippen molar-refractivity contribution in [2.75, 3.05) is 18.5 Å². The van der Waals surface area contributed by atoms with Crippen molar-refractivity contribution in [1.29, 1.82) is 0 Å². The smallest absolute Gasteiger partial charge is 0.221 e. The fourth-order valence-corrected chi connectivity index (χ4v) is 4.79. The minimum absolute atomic E-state index is 0.0618. The van der Waals surface area contributed by atoms with E-state index in [0.29, 0.717) is 31.3 Å². The molecule has 0 radical (unpaired) electrons. The Balaban J connectivity index is 1.70. The maximum Gasteiger partial charge on any atom is 0.221 e. The standard InChI is InChI=1S/C31H35ClN4O3/c1-4-24-21(18-34-17-20-10-12-23(32)13-11-20)8-7-9-26(24)36-31-22(14-30(33)37)19-35-27-16-29(39-6-3)28(38-5-2)15-25(27)31/h7-13,15-16,19,34H,4-6,14,17-18H2,1-3H3,(H2,33,37)(H,35,36). The molecule has 0 atom stereocenters. The highest BCUT2D eigenvalue weighted by Crippen LogP contribution is 2.38. The predicted octanol–water partition coefficient (Wildman–Crippen LogP) is 6.31. The quantitative estimate of drug-likeness (QED) is 0.182. The van der Waals surface area contributed by atoms with Gasteiger partial charge >= 0.3 is 0 Å². The zero-order chi connectivity index (χ0) is 27.8. The number of fused-ring (bicyclic) bond motifs is 1. The fourth-order valence-electron chi connectivity index (χ4n) is 4.66. The summed E-state index contributed by atoms with van der Waals surface area (Å²) in [6.45, 7) is 8.44. The van der Waals surface area contributed by atoms with Crippen LogP contribution >= 0.6 is 11.6 Å². The number of aromatic nitrogens is 1. The summed E-state index contributed by atoms with van der Waals surface area (Å²) in [5, 5.41) is 8.72. The van der Waals surface area contributed by atoms with Crippen molar-refractivity contribution in [1.82, 2.24) is 10.3 Å². The second-order valence-electron chi connectivity index (χ2n) is 9.14. The van der Waals surface area contributed by atoms with Crippen molar-refractivity contribution < 1.29 is 14.3 Å². The zero-order valence-corrected chi connectivity index (χ0v) is 23.4. The summed E-state index contributed by atoms with van der Waals surface area (Å²) >= 11 is 6.02. The van der Waals surface area contributed by atoms with Crippen LogP contribution in [0.2, 0.25) is 5.02 Å². The summed E-state index contributed by atoms with van der Waals surface area (Å²) in [5.74, 6) is 0.839. The van der Waals surface area contributed by atoms with E-state index in [-0.39, 0.29) is 6.42 Å². The Morgan fingerprint density at radius 1 is 0.949 bits per heavy atom. The lowest BCUT2D eigenvalue weighted by Crippen LogP contribution is -2.16. The van der Waals surface area contributed by atoms with Crippen LogP contribution in [0.25, 0.3) is 10.9 Å². The molecule has 0 aliphatic carbocycles. The summed E-state index contributed by atoms with van der Waals surface area (Å²) in [7, 11) is 0. The molecular formula is C31H35ClN4O3. The molecule has 0 aliphatic rings. The van der Waals surface area contributed by atoms with Crippen LogP contribution < -0.4 is 25.8 Å². The van der Waals surface area contributed by atoms with Gasteiger partial charge in [0, 0.05) is 47.0 Å². The summed E-state index contributed by atoms with van der Waals surface area (Å²) in [5.41, 5.74) is 12.4. The summed E-state index contributed by atoms with van der Waals surface area (Å²) in [6, 6.07) is 17.9. The first kappa shape index (κ1) is 28.2. The molecule has 0 fully saturated rings. The van der Waals surface area contributed by atoms with Crippen LogP contribution in [0, 0.1) is 0 Å². The molecule has 1 heterocycles. The Labute approximate surface area is 234 Å². The van der Waals surface area contributed by atoms with E-state index in [2.05, 4.69) is 34.7 Å². The number of halogens is 1. The van der Waals surface area contributed by atoms with Crippen molar-refractivity contribution >= 4 is 39.8 Å². The Hall–Kier alpha value is -3.81. The Morgan fingerprint density at radius 2 is 1.67 bits per heavy atom. The van der Waals surface area contributed by atoms with E-state index in [0.717, 1.165) is 45.8 Å². The van der Waals surface area contributed by atoms with E-state index >= 15 is 0 Å². The highest BCUT2D eigenvalue weighted by atomic mass is 35.5. The van der Waals surface area contributed by atoms with Crippen LogP contribution in [0.5, 0.6) is 11.5 Å². The van der Waals surface area contributed by atoms with E-state index in [1.54, 1.807) is 6.20 Å². The fraction of sp³-hybridized carbons (Fsp3) is 0.290. The average Bonchev–Trinajstić information content (AvgIpc) is 2.92. The molecule has 1 amide bonds. The highest BCUT2D eigenvalue weighted by molar-refractivity contribution is 6.30. The lowest BCUT2D eigenvalue weighted by Gasteiger charge is -2.20. The monoisotopic (exact) mass is 546 g/mol. The Morgan fingerprint density at radius 3 is 2.33 bits per heavy atom. The number of pyridine rings is 1. The number of nitrogens with one attached hydrogen (secondary N) is 2. The molecule has 0 spiro atoms. The van der Waals surface area contributed by atoms with Crippen LogP contribution in [0.4, 0.5) is 11.4 Å². The minimum Gasteiger partial charge on any atom is -0.490 e. The minimum atomic E-state index is -0.425. The third-order valence-corrected chi connectivity index (χ3v) is 6.67. The Bertz CT molecular complexity index is 1440. The number of ether oxygens (including phenoxy) is 2. The van der Waals surface area contributed by atoms with Crippen molar-refractivity contribution in [2.24, 2.45) is 5.73 Å². The highest BCUT2D eigenvalue weighted by Gasteiger charge is 2.17. The number of primary amides is 1. The lowest BCUT2D eigenvalue weighted by molar-refractivity contribution is -0.117. The summed E-state index contributed by atoms with van der Waals surface area (Å²) in [6.07, 6.45) is 2.59. The first-order valence-electron chi connectivity index (χ1n) is 13.3. The maximum absolute atomic E-state index is 12.0. The van der Waals surface area contributed by atoms with Gasteiger partial charge in [0.2, 0.25) is 5.91 Å². The van der Waals surface area contributed by atoms with Gasteiger partial charge in [-0.05, 0) is 61.2 Å². The van der Waals surface area contributed by atoms with Crippen LogP contribution in [0.1, 0.15) is 43.0 Å². The number of carbonyl (C=O) groups excluding carboxylic acids is 1. The molecular weight excluding hydrogens is 512 g/mol. The molecule has 0 aliphatic heterocycles. The third-order valence-electron chi connectivity index (χ3n) is 6.42. The average molecular weight is 547 g/mol. The van der Waals surface area contributed by atoms with Crippen molar-refractivity contribution in [3.63, 3.8) is 0 Å². The molecule has 0 saturated carbocycles. The molecule has 204 valence electrons. The first-order chi connectivity index (χ1) is 18.9. The third kappa shape index (κ3) is 6.99. The van der Waals surface area contributed by atoms with Gasteiger partial charge in [-0.2, -0.15) is 0 Å². The normalized spacial score (nSPS) is 11.0. The first-order valence-corrected chi connectivity index (χ1v) is 13.6. The van der Waals surface area contributed by atoms with Gasteiger partial charge in [0.15, 0.2) is 11.5 Å². The number of carbonyl (C=O) groups is 1. The predicted molar refractivity (Wildman–Crippen MR) is 158 cm³/mol. The van der Waals surface area contributed by atoms with Gasteiger partial charge in [-0.15, -0.1) is 0 Å². The Kier molecular flexibility index (Phi) is 9.63. The summed E-state index contributed by atoms with van der Waals surface area (Å²) in [4.78, 5) is 16.6. The van der Waals surface area contributed by atoms with Gasteiger partial charge in [0.25, 0.3) is 0 Å². The molecule has 0 bridgehead atoms. The molecule has 4 aromatic rings. The number of amides is 1. The molecule has 8 heteroatoms. The summed E-state index contributed by atoms with van der Waals surface area (Å²) < 4.78 is 11.7. The zero-order valence-electron chi connectivity index (χ0n) is 22.6. The molecule has 39 heavy (non-hydrogen) atoms. The van der Waals surface area contributed by atoms with Crippen molar-refractivity contribution in [3.8, 4) is 11.5 Å². The van der Waals surface area contributed by atoms with Gasteiger partial charge in [-0.25, -0.2) is 0 Å². The van der Waals surface area contributed by atoms with E-state index in [9.17, 15) is 4.79 Å². The molecule has 4 rings (SSSR count). The molecule has 1 aromatic heterocycles. The van der Waals surface area contributed by atoms with Gasteiger partial charge < -0.3 is 25.8 Å². The topological polar surface area (TPSA) is 98.5 Å². The van der Waals surface area contributed by atoms with Gasteiger partial charge in [0.05, 0.1) is 30.8 Å². The number of hydrogen-bond acceptors (Lipinski definition) is 6. The van der Waals surface area contributed by atoms with Crippen molar-refractivity contribution in [3.05, 3.63) is 88.1 Å². The number of hydrogen-bond donors (Lipinski definition) is 3. The van der Waals surface area contributed by atoms with E-state index in [4.69, 9.17) is 26.8 Å². The molecule has 0 unspecified atom stereocenters. The molecule has 7 nitrogen and oxygen atoms in total.